The van der Waals surface area contributed by atoms with E-state index in [0.717, 1.165) is 28.2 Å². The summed E-state index contributed by atoms with van der Waals surface area (Å²) in [5.74, 6) is 0. The van der Waals surface area contributed by atoms with E-state index in [1.807, 2.05) is 49.4 Å². The molecule has 152 valence electrons. The molecule has 0 spiro atoms. The molecule has 0 atom stereocenters. The second kappa shape index (κ2) is 8.53. The van der Waals surface area contributed by atoms with Gasteiger partial charge in [-0.3, -0.25) is 0 Å². The molecular weight excluding hydrogens is 388 g/mol. The minimum absolute atomic E-state index is 0.290. The number of para-hydroxylation sites is 1. The summed E-state index contributed by atoms with van der Waals surface area (Å²) in [6, 6.07) is 18.9. The maximum absolute atomic E-state index is 11.8. The Kier molecular flexibility index (Phi) is 6.08. The molecule has 29 heavy (non-hydrogen) atoms. The van der Waals surface area contributed by atoms with E-state index in [1.165, 1.54) is 13.4 Å². The standard InChI is InChI=1S/C22H24N2O4S/c1-16-18(13-14-23-22(25)28-2)15-21(24(16)19-7-5-4-6-8-19)17-9-11-20(12-10-17)29(3,26)27/h4-12,15H,13-14H2,1-3H3,(H,23,25). The number of amides is 1. The summed E-state index contributed by atoms with van der Waals surface area (Å²) in [7, 11) is -1.91. The quantitative estimate of drug-likeness (QED) is 0.669. The number of ether oxygens (including phenoxy) is 1. The number of sulfone groups is 1. The Morgan fingerprint density at radius 1 is 1.07 bits per heavy atom. The van der Waals surface area contributed by atoms with Gasteiger partial charge in [0.15, 0.2) is 9.84 Å². The van der Waals surface area contributed by atoms with Gasteiger partial charge in [0.1, 0.15) is 0 Å². The zero-order valence-electron chi connectivity index (χ0n) is 16.7. The van der Waals surface area contributed by atoms with Crippen LogP contribution in [0.4, 0.5) is 4.79 Å². The fourth-order valence-electron chi connectivity index (χ4n) is 3.28. The topological polar surface area (TPSA) is 77.4 Å². The zero-order chi connectivity index (χ0) is 21.0. The number of alkyl carbamates (subject to hydrolysis) is 1. The third-order valence-corrected chi connectivity index (χ3v) is 5.92. The second-order valence-electron chi connectivity index (χ2n) is 6.78. The Balaban J connectivity index is 2.03. The first-order valence-corrected chi connectivity index (χ1v) is 11.1. The van der Waals surface area contributed by atoms with Gasteiger partial charge in [-0.15, -0.1) is 0 Å². The van der Waals surface area contributed by atoms with Crippen molar-refractivity contribution in [1.82, 2.24) is 9.88 Å². The Bertz CT molecular complexity index is 1100. The maximum atomic E-state index is 11.8. The van der Waals surface area contributed by atoms with Crippen molar-refractivity contribution >= 4 is 15.9 Å². The number of rotatable bonds is 6. The molecule has 0 saturated carbocycles. The molecule has 7 heteroatoms. The van der Waals surface area contributed by atoms with Crippen LogP contribution >= 0.6 is 0 Å². The van der Waals surface area contributed by atoms with E-state index in [-0.39, 0.29) is 0 Å². The third kappa shape index (κ3) is 4.68. The predicted octanol–water partition coefficient (Wildman–Crippen LogP) is 3.75. The lowest BCUT2D eigenvalue weighted by Gasteiger charge is -2.13. The molecule has 1 heterocycles. The Morgan fingerprint density at radius 3 is 2.31 bits per heavy atom. The smallest absolute Gasteiger partial charge is 0.406 e. The molecule has 0 aliphatic rings. The van der Waals surface area contributed by atoms with Gasteiger partial charge in [-0.25, -0.2) is 13.2 Å². The summed E-state index contributed by atoms with van der Waals surface area (Å²) in [6.07, 6.45) is 1.39. The minimum atomic E-state index is -3.25. The van der Waals surface area contributed by atoms with Crippen LogP contribution in [0.25, 0.3) is 16.9 Å². The van der Waals surface area contributed by atoms with E-state index in [9.17, 15) is 13.2 Å². The highest BCUT2D eigenvalue weighted by Gasteiger charge is 2.16. The maximum Gasteiger partial charge on any atom is 0.406 e. The van der Waals surface area contributed by atoms with Crippen LogP contribution in [0.3, 0.4) is 0 Å². The largest absolute Gasteiger partial charge is 0.453 e. The van der Waals surface area contributed by atoms with Gasteiger partial charge in [-0.2, -0.15) is 0 Å². The molecule has 3 rings (SSSR count). The normalized spacial score (nSPS) is 11.3. The van der Waals surface area contributed by atoms with Crippen molar-refractivity contribution in [2.75, 3.05) is 19.9 Å². The van der Waals surface area contributed by atoms with Crippen LogP contribution in [-0.4, -0.2) is 39.0 Å². The highest BCUT2D eigenvalue weighted by atomic mass is 32.2. The monoisotopic (exact) mass is 412 g/mol. The average Bonchev–Trinajstić information content (AvgIpc) is 3.04. The fraction of sp³-hybridized carbons (Fsp3) is 0.227. The van der Waals surface area contributed by atoms with Gasteiger partial charge in [0, 0.05) is 24.2 Å². The first-order chi connectivity index (χ1) is 13.8. The summed E-state index contributed by atoms with van der Waals surface area (Å²) < 4.78 is 30.3. The van der Waals surface area contributed by atoms with E-state index in [1.54, 1.807) is 12.1 Å². The molecule has 3 aromatic rings. The summed E-state index contributed by atoms with van der Waals surface area (Å²) in [5, 5.41) is 2.70. The van der Waals surface area contributed by atoms with Gasteiger partial charge in [0.2, 0.25) is 0 Å². The lowest BCUT2D eigenvalue weighted by Crippen LogP contribution is -2.25. The Labute approximate surface area is 171 Å². The molecule has 6 nitrogen and oxygen atoms in total. The molecule has 0 bridgehead atoms. The lowest BCUT2D eigenvalue weighted by molar-refractivity contribution is 0.171. The number of nitrogens with zero attached hydrogens (tertiary/aromatic N) is 1. The molecule has 1 aromatic heterocycles. The lowest BCUT2D eigenvalue weighted by atomic mass is 10.1. The van der Waals surface area contributed by atoms with Crippen molar-refractivity contribution in [3.05, 3.63) is 71.9 Å². The Morgan fingerprint density at radius 2 is 1.72 bits per heavy atom. The molecule has 0 fully saturated rings. The summed E-state index contributed by atoms with van der Waals surface area (Å²) in [4.78, 5) is 11.6. The van der Waals surface area contributed by atoms with Gasteiger partial charge in [0.25, 0.3) is 0 Å². The zero-order valence-corrected chi connectivity index (χ0v) is 17.5. The predicted molar refractivity (Wildman–Crippen MR) is 113 cm³/mol. The van der Waals surface area contributed by atoms with Gasteiger partial charge in [-0.1, -0.05) is 30.3 Å². The van der Waals surface area contributed by atoms with Crippen molar-refractivity contribution in [3.63, 3.8) is 0 Å². The number of methoxy groups -OCH3 is 1. The van der Waals surface area contributed by atoms with Gasteiger partial charge < -0.3 is 14.6 Å². The average molecular weight is 413 g/mol. The van der Waals surface area contributed by atoms with Gasteiger partial charge >= 0.3 is 6.09 Å². The number of hydrogen-bond acceptors (Lipinski definition) is 4. The van der Waals surface area contributed by atoms with Crippen molar-refractivity contribution in [2.24, 2.45) is 0 Å². The molecule has 1 N–H and O–H groups in total. The van der Waals surface area contributed by atoms with E-state index in [4.69, 9.17) is 0 Å². The van der Waals surface area contributed by atoms with Crippen LogP contribution < -0.4 is 5.32 Å². The molecular formula is C22H24N2O4S. The van der Waals surface area contributed by atoms with Gasteiger partial charge in [0.05, 0.1) is 17.7 Å². The van der Waals surface area contributed by atoms with Crippen LogP contribution in [0.15, 0.2) is 65.6 Å². The second-order valence-corrected chi connectivity index (χ2v) is 8.79. The summed E-state index contributed by atoms with van der Waals surface area (Å²) >= 11 is 0. The van der Waals surface area contributed by atoms with Crippen molar-refractivity contribution in [2.45, 2.75) is 18.2 Å². The SMILES string of the molecule is COC(=O)NCCc1cc(-c2ccc(S(C)(=O)=O)cc2)n(-c2ccccc2)c1C. The summed E-state index contributed by atoms with van der Waals surface area (Å²) in [6.45, 7) is 2.49. The minimum Gasteiger partial charge on any atom is -0.453 e. The molecule has 0 unspecified atom stereocenters. The first kappa shape index (κ1) is 20.7. The molecule has 0 saturated heterocycles. The fourth-order valence-corrected chi connectivity index (χ4v) is 3.91. The van der Waals surface area contributed by atoms with E-state index in [2.05, 4.69) is 20.7 Å². The number of carbonyl (C=O) groups is 1. The molecule has 0 aliphatic carbocycles. The third-order valence-electron chi connectivity index (χ3n) is 4.79. The number of nitrogens with one attached hydrogen (secondary N) is 1. The van der Waals surface area contributed by atoms with Crippen LogP contribution in [-0.2, 0) is 21.0 Å². The number of carbonyl (C=O) groups excluding carboxylic acids is 1. The molecule has 1 amide bonds. The van der Waals surface area contributed by atoms with E-state index in [0.29, 0.717) is 17.9 Å². The number of benzene rings is 2. The number of hydrogen-bond donors (Lipinski definition) is 1. The first-order valence-electron chi connectivity index (χ1n) is 9.20. The van der Waals surface area contributed by atoms with Gasteiger partial charge in [-0.05, 0) is 54.8 Å². The van der Waals surface area contributed by atoms with Crippen molar-refractivity contribution < 1.29 is 17.9 Å². The van der Waals surface area contributed by atoms with Crippen LogP contribution in [0.2, 0.25) is 0 Å². The number of aromatic nitrogens is 1. The highest BCUT2D eigenvalue weighted by molar-refractivity contribution is 7.90. The Hall–Kier alpha value is -3.06. The van der Waals surface area contributed by atoms with Crippen molar-refractivity contribution in [1.29, 1.82) is 0 Å². The van der Waals surface area contributed by atoms with Crippen LogP contribution in [0.1, 0.15) is 11.3 Å². The van der Waals surface area contributed by atoms with Crippen molar-refractivity contribution in [3.8, 4) is 16.9 Å². The molecule has 0 aliphatic heterocycles. The molecule has 2 aromatic carbocycles. The highest BCUT2D eigenvalue weighted by Crippen LogP contribution is 2.30. The molecule has 0 radical (unpaired) electrons. The summed E-state index contributed by atoms with van der Waals surface area (Å²) in [5.41, 5.74) is 5.04. The van der Waals surface area contributed by atoms with E-state index >= 15 is 0 Å². The van der Waals surface area contributed by atoms with Crippen LogP contribution in [0, 0.1) is 6.92 Å². The van der Waals surface area contributed by atoms with Crippen LogP contribution in [0.5, 0.6) is 0 Å². The van der Waals surface area contributed by atoms with E-state index < -0.39 is 15.9 Å².